The Hall–Kier alpha value is -3.85. The van der Waals surface area contributed by atoms with Gasteiger partial charge in [-0.05, 0) is 35.6 Å². The van der Waals surface area contributed by atoms with Crippen molar-refractivity contribution in [2.75, 3.05) is 31.1 Å². The van der Waals surface area contributed by atoms with Crippen LogP contribution in [-0.4, -0.2) is 64.7 Å². The van der Waals surface area contributed by atoms with Crippen LogP contribution in [0.3, 0.4) is 0 Å². The van der Waals surface area contributed by atoms with E-state index in [2.05, 4.69) is 38.3 Å². The van der Waals surface area contributed by atoms with Gasteiger partial charge in [-0.15, -0.1) is 0 Å². The Bertz CT molecular complexity index is 1380. The summed E-state index contributed by atoms with van der Waals surface area (Å²) in [4.78, 5) is 47.3. The Morgan fingerprint density at radius 2 is 1.89 bits per heavy atom. The van der Waals surface area contributed by atoms with E-state index in [4.69, 9.17) is 0 Å². The topological polar surface area (TPSA) is 85.9 Å². The third-order valence-corrected chi connectivity index (χ3v) is 7.48. The third-order valence-electron chi connectivity index (χ3n) is 7.48. The fraction of sp³-hybridized carbons (Fsp3) is 0.333. The summed E-state index contributed by atoms with van der Waals surface area (Å²) in [5, 5.41) is 4.63. The summed E-state index contributed by atoms with van der Waals surface area (Å²) >= 11 is 0. The number of amides is 3. The molecule has 0 radical (unpaired) electrons. The largest absolute Gasteiger partial charge is 0.369 e. The molecule has 1 atom stereocenters. The summed E-state index contributed by atoms with van der Waals surface area (Å²) in [5.74, 6) is -1.62. The van der Waals surface area contributed by atoms with Gasteiger partial charge in [0.1, 0.15) is 11.9 Å². The molecule has 2 saturated heterocycles. The molecule has 0 bridgehead atoms. The van der Waals surface area contributed by atoms with Crippen LogP contribution in [0, 0.1) is 5.82 Å². The monoisotopic (exact) mass is 487 g/mol. The molecule has 1 unspecified atom stereocenters. The highest BCUT2D eigenvalue weighted by Crippen LogP contribution is 2.35. The fourth-order valence-corrected chi connectivity index (χ4v) is 5.60. The molecule has 4 heterocycles. The summed E-state index contributed by atoms with van der Waals surface area (Å²) < 4.78 is 14.6. The zero-order valence-electron chi connectivity index (χ0n) is 19.7. The van der Waals surface area contributed by atoms with Crippen molar-refractivity contribution < 1.29 is 18.8 Å². The van der Waals surface area contributed by atoms with E-state index < -0.39 is 17.8 Å². The summed E-state index contributed by atoms with van der Waals surface area (Å²) in [6, 6.07) is 10.3. The quantitative estimate of drug-likeness (QED) is 0.569. The van der Waals surface area contributed by atoms with Crippen molar-refractivity contribution in [3.05, 3.63) is 71.3 Å². The van der Waals surface area contributed by atoms with Gasteiger partial charge < -0.3 is 9.80 Å². The van der Waals surface area contributed by atoms with Crippen LogP contribution in [0.5, 0.6) is 0 Å². The number of imide groups is 1. The number of benzene rings is 2. The van der Waals surface area contributed by atoms with Crippen molar-refractivity contribution in [3.63, 3.8) is 0 Å². The summed E-state index contributed by atoms with van der Waals surface area (Å²) in [6.45, 7) is 4.07. The van der Waals surface area contributed by atoms with Gasteiger partial charge in [-0.1, -0.05) is 18.2 Å². The molecule has 0 saturated carbocycles. The molecule has 1 aromatic heterocycles. The minimum atomic E-state index is -0.716. The number of nitrogens with zero attached hydrogens (tertiary/aromatic N) is 4. The first-order valence-electron chi connectivity index (χ1n) is 12.2. The molecule has 9 heteroatoms. The number of pyridine rings is 1. The highest BCUT2D eigenvalue weighted by molar-refractivity contribution is 6.06. The first-order chi connectivity index (χ1) is 17.5. The minimum Gasteiger partial charge on any atom is -0.369 e. The van der Waals surface area contributed by atoms with Crippen molar-refractivity contribution >= 4 is 34.2 Å². The lowest BCUT2D eigenvalue weighted by Gasteiger charge is -2.37. The lowest BCUT2D eigenvalue weighted by molar-refractivity contribution is -0.136. The first kappa shape index (κ1) is 22.6. The molecular formula is C27H26FN5O3. The number of carbonyl (C=O) groups excluding carboxylic acids is 3. The van der Waals surface area contributed by atoms with Gasteiger partial charge in [0.2, 0.25) is 11.8 Å². The van der Waals surface area contributed by atoms with Gasteiger partial charge in [0.15, 0.2) is 0 Å². The number of hydrogen-bond acceptors (Lipinski definition) is 6. The van der Waals surface area contributed by atoms with Crippen LogP contribution in [0.15, 0.2) is 48.8 Å². The molecule has 3 aliphatic rings. The number of anilines is 1. The second-order valence-corrected chi connectivity index (χ2v) is 9.63. The molecule has 1 N–H and O–H groups in total. The highest BCUT2D eigenvalue weighted by atomic mass is 19.1. The Kier molecular flexibility index (Phi) is 5.64. The second-order valence-electron chi connectivity index (χ2n) is 9.63. The maximum atomic E-state index is 14.6. The molecule has 6 rings (SSSR count). The van der Waals surface area contributed by atoms with Crippen LogP contribution in [-0.2, 0) is 22.7 Å². The third kappa shape index (κ3) is 3.99. The van der Waals surface area contributed by atoms with E-state index in [1.807, 2.05) is 18.5 Å². The van der Waals surface area contributed by atoms with Crippen LogP contribution in [0.2, 0.25) is 0 Å². The second kappa shape index (κ2) is 8.98. The molecule has 8 nitrogen and oxygen atoms in total. The maximum Gasteiger partial charge on any atom is 0.255 e. The number of nitrogens with one attached hydrogen (secondary N) is 1. The Labute approximate surface area is 207 Å². The number of rotatable bonds is 4. The number of fused-ring (bicyclic) bond motifs is 2. The van der Waals surface area contributed by atoms with Crippen molar-refractivity contribution in [3.8, 4) is 0 Å². The molecule has 3 aromatic rings. The van der Waals surface area contributed by atoms with E-state index in [0.29, 0.717) is 24.3 Å². The molecule has 184 valence electrons. The van der Waals surface area contributed by atoms with Crippen molar-refractivity contribution in [1.82, 2.24) is 20.1 Å². The molecule has 3 aliphatic heterocycles. The van der Waals surface area contributed by atoms with E-state index in [0.717, 1.165) is 30.6 Å². The average molecular weight is 488 g/mol. The van der Waals surface area contributed by atoms with Crippen molar-refractivity contribution in [2.24, 2.45) is 0 Å². The summed E-state index contributed by atoms with van der Waals surface area (Å²) in [6.07, 6.45) is 4.16. The zero-order chi connectivity index (χ0) is 24.8. The SMILES string of the molecule is O=C1CCC(N2Cc3c(cc(F)cc3N3CCN(Cc4cccc5cnccc45)CC3)C2=O)C(=O)N1. The molecule has 3 amide bonds. The van der Waals surface area contributed by atoms with Crippen LogP contribution < -0.4 is 10.2 Å². The molecular weight excluding hydrogens is 461 g/mol. The standard InChI is InChI=1S/C27H26FN5O3/c28-19-12-21-22(16-33(27(21)36)23-4-5-25(34)30-26(23)35)24(13-19)32-10-8-31(9-11-32)15-18-3-1-2-17-14-29-7-6-20(17)18/h1-3,6-7,12-14,23H,4-5,8-11,15-16H2,(H,30,34,35). The number of piperazine rings is 1. The smallest absolute Gasteiger partial charge is 0.255 e. The number of piperidine rings is 1. The van der Waals surface area contributed by atoms with Gasteiger partial charge >= 0.3 is 0 Å². The predicted octanol–water partition coefficient (Wildman–Crippen LogP) is 2.46. The van der Waals surface area contributed by atoms with E-state index in [9.17, 15) is 18.8 Å². The van der Waals surface area contributed by atoms with Gasteiger partial charge in [-0.2, -0.15) is 0 Å². The van der Waals surface area contributed by atoms with Crippen molar-refractivity contribution in [2.45, 2.75) is 32.0 Å². The van der Waals surface area contributed by atoms with Crippen molar-refractivity contribution in [1.29, 1.82) is 0 Å². The highest BCUT2D eigenvalue weighted by Gasteiger charge is 2.41. The predicted molar refractivity (Wildman–Crippen MR) is 132 cm³/mol. The molecule has 2 fully saturated rings. The fourth-order valence-electron chi connectivity index (χ4n) is 5.60. The zero-order valence-corrected chi connectivity index (χ0v) is 19.7. The number of aromatic nitrogens is 1. The Balaban J connectivity index is 1.19. The molecule has 36 heavy (non-hydrogen) atoms. The summed E-state index contributed by atoms with van der Waals surface area (Å²) in [7, 11) is 0. The summed E-state index contributed by atoms with van der Waals surface area (Å²) in [5.41, 5.74) is 3.02. The Morgan fingerprint density at radius 3 is 2.69 bits per heavy atom. The lowest BCUT2D eigenvalue weighted by atomic mass is 10.0. The number of carbonyl (C=O) groups is 3. The van der Waals surface area contributed by atoms with Gasteiger partial charge in [-0.3, -0.25) is 29.6 Å². The molecule has 0 spiro atoms. The maximum absolute atomic E-state index is 14.6. The van der Waals surface area contributed by atoms with Crippen LogP contribution in [0.1, 0.15) is 34.3 Å². The number of halogens is 1. The molecule has 0 aliphatic carbocycles. The van der Waals surface area contributed by atoms with E-state index in [-0.39, 0.29) is 31.2 Å². The van der Waals surface area contributed by atoms with E-state index >= 15 is 0 Å². The Morgan fingerprint density at radius 1 is 1.06 bits per heavy atom. The van der Waals surface area contributed by atoms with Crippen LogP contribution >= 0.6 is 0 Å². The van der Waals surface area contributed by atoms with Gasteiger partial charge in [0.25, 0.3) is 5.91 Å². The normalized spacial score (nSPS) is 20.7. The first-order valence-corrected chi connectivity index (χ1v) is 12.2. The lowest BCUT2D eigenvalue weighted by Crippen LogP contribution is -2.52. The van der Waals surface area contributed by atoms with Gasteiger partial charge in [0.05, 0.1) is 0 Å². The molecule has 2 aromatic carbocycles. The number of hydrogen-bond donors (Lipinski definition) is 1. The minimum absolute atomic E-state index is 0.187. The van der Waals surface area contributed by atoms with Gasteiger partial charge in [0, 0.05) is 80.3 Å². The van der Waals surface area contributed by atoms with E-state index in [1.54, 1.807) is 0 Å². The average Bonchev–Trinajstić information content (AvgIpc) is 3.20. The van der Waals surface area contributed by atoms with Gasteiger partial charge in [-0.25, -0.2) is 4.39 Å². The van der Waals surface area contributed by atoms with Crippen LogP contribution in [0.25, 0.3) is 10.8 Å². The van der Waals surface area contributed by atoms with Crippen LogP contribution in [0.4, 0.5) is 10.1 Å². The van der Waals surface area contributed by atoms with E-state index in [1.165, 1.54) is 28.0 Å².